The van der Waals surface area contributed by atoms with Gasteiger partial charge in [0.2, 0.25) is 0 Å². The Morgan fingerprint density at radius 1 is 0.935 bits per heavy atom. The van der Waals surface area contributed by atoms with E-state index in [4.69, 9.17) is 10.00 Å². The average molecular weight is 414 g/mol. The minimum atomic E-state index is -0.405. The number of nitriles is 1. The molecule has 0 saturated carbocycles. The molecule has 0 aromatic heterocycles. The second-order valence-electron chi connectivity index (χ2n) is 6.70. The standard InChI is InChI=1S/C24H22N4O3/c1-31-22(18-8-3-2-4-9-18)16-26-24(30)28-21-12-6-10-19(14-21)23(29)27-20-11-5-7-17(13-20)15-25/h2-14,22H,16H2,1H3,(H,27,29)(H2,26,28,30). The van der Waals surface area contributed by atoms with Crippen molar-refractivity contribution < 1.29 is 14.3 Å². The number of hydrogen-bond acceptors (Lipinski definition) is 4. The molecule has 1 unspecified atom stereocenters. The number of hydrogen-bond donors (Lipinski definition) is 3. The number of nitrogens with one attached hydrogen (secondary N) is 3. The van der Waals surface area contributed by atoms with E-state index >= 15 is 0 Å². The van der Waals surface area contributed by atoms with E-state index in [2.05, 4.69) is 16.0 Å². The summed E-state index contributed by atoms with van der Waals surface area (Å²) in [5, 5.41) is 17.2. The van der Waals surface area contributed by atoms with Gasteiger partial charge < -0.3 is 20.7 Å². The van der Waals surface area contributed by atoms with Crippen LogP contribution in [0.4, 0.5) is 16.2 Å². The molecule has 0 aliphatic rings. The van der Waals surface area contributed by atoms with Crippen molar-refractivity contribution in [2.24, 2.45) is 0 Å². The van der Waals surface area contributed by atoms with E-state index in [-0.39, 0.29) is 12.0 Å². The predicted molar refractivity (Wildman–Crippen MR) is 119 cm³/mol. The highest BCUT2D eigenvalue weighted by Crippen LogP contribution is 2.16. The Kier molecular flexibility index (Phi) is 7.35. The maximum Gasteiger partial charge on any atom is 0.319 e. The quantitative estimate of drug-likeness (QED) is 0.536. The SMILES string of the molecule is COC(CNC(=O)Nc1cccc(C(=O)Nc2cccc(C#N)c2)c1)c1ccccc1. The normalized spacial score (nSPS) is 11.1. The molecular formula is C24H22N4O3. The molecule has 0 saturated heterocycles. The predicted octanol–water partition coefficient (Wildman–Crippen LogP) is 4.32. The Morgan fingerprint density at radius 3 is 2.35 bits per heavy atom. The van der Waals surface area contributed by atoms with Crippen LogP contribution in [-0.4, -0.2) is 25.6 Å². The number of ether oxygens (including phenoxy) is 1. The number of nitrogens with zero attached hydrogens (tertiary/aromatic N) is 1. The van der Waals surface area contributed by atoms with Crippen molar-refractivity contribution in [1.82, 2.24) is 5.32 Å². The smallest absolute Gasteiger partial charge is 0.319 e. The van der Waals surface area contributed by atoms with E-state index in [1.54, 1.807) is 55.6 Å². The third-order valence-electron chi connectivity index (χ3n) is 4.54. The van der Waals surface area contributed by atoms with Gasteiger partial charge in [0.15, 0.2) is 0 Å². The summed E-state index contributed by atoms with van der Waals surface area (Å²) < 4.78 is 5.45. The number of anilines is 2. The van der Waals surface area contributed by atoms with Gasteiger partial charge in [0.25, 0.3) is 5.91 Å². The van der Waals surface area contributed by atoms with Gasteiger partial charge in [-0.2, -0.15) is 5.26 Å². The van der Waals surface area contributed by atoms with Gasteiger partial charge in [-0.05, 0) is 42.0 Å². The van der Waals surface area contributed by atoms with Crippen LogP contribution < -0.4 is 16.0 Å². The van der Waals surface area contributed by atoms with Gasteiger partial charge in [0, 0.05) is 30.6 Å². The summed E-state index contributed by atoms with van der Waals surface area (Å²) in [7, 11) is 1.59. The Hall–Kier alpha value is -4.15. The Balaban J connectivity index is 1.58. The number of urea groups is 1. The van der Waals surface area contributed by atoms with Crippen LogP contribution in [0, 0.1) is 11.3 Å². The molecule has 3 aromatic carbocycles. The second-order valence-corrected chi connectivity index (χ2v) is 6.70. The molecule has 0 bridgehead atoms. The van der Waals surface area contributed by atoms with E-state index in [0.717, 1.165) is 5.56 Å². The van der Waals surface area contributed by atoms with Crippen LogP contribution in [0.5, 0.6) is 0 Å². The third-order valence-corrected chi connectivity index (χ3v) is 4.54. The Morgan fingerprint density at radius 2 is 1.65 bits per heavy atom. The molecular weight excluding hydrogens is 392 g/mol. The molecule has 0 heterocycles. The fraction of sp³-hybridized carbons (Fsp3) is 0.125. The van der Waals surface area contributed by atoms with E-state index < -0.39 is 6.03 Å². The Bertz CT molecular complexity index is 1090. The fourth-order valence-electron chi connectivity index (χ4n) is 2.97. The van der Waals surface area contributed by atoms with Crippen molar-refractivity contribution in [3.05, 3.63) is 95.6 Å². The summed E-state index contributed by atoms with van der Waals surface area (Å²) in [5.74, 6) is -0.345. The van der Waals surface area contributed by atoms with Gasteiger partial charge in [-0.15, -0.1) is 0 Å². The number of rotatable bonds is 7. The van der Waals surface area contributed by atoms with Gasteiger partial charge >= 0.3 is 6.03 Å². The van der Waals surface area contributed by atoms with Crippen molar-refractivity contribution in [2.75, 3.05) is 24.3 Å². The number of carbonyl (C=O) groups is 2. The number of amides is 3. The van der Waals surface area contributed by atoms with Gasteiger partial charge in [-0.25, -0.2) is 4.79 Å². The molecule has 0 aliphatic carbocycles. The molecule has 3 rings (SSSR count). The zero-order valence-corrected chi connectivity index (χ0v) is 17.0. The molecule has 7 heteroatoms. The maximum atomic E-state index is 12.5. The highest BCUT2D eigenvalue weighted by molar-refractivity contribution is 6.05. The van der Waals surface area contributed by atoms with Crippen LogP contribution in [-0.2, 0) is 4.74 Å². The first kappa shape index (κ1) is 21.6. The lowest BCUT2D eigenvalue weighted by molar-refractivity contribution is 0.102. The van der Waals surface area contributed by atoms with Crippen LogP contribution in [0.1, 0.15) is 27.6 Å². The van der Waals surface area contributed by atoms with Crippen molar-refractivity contribution in [2.45, 2.75) is 6.10 Å². The molecule has 156 valence electrons. The summed E-state index contributed by atoms with van der Waals surface area (Å²) >= 11 is 0. The lowest BCUT2D eigenvalue weighted by Crippen LogP contribution is -2.33. The molecule has 3 N–H and O–H groups in total. The van der Waals surface area contributed by atoms with Crippen molar-refractivity contribution in [3.8, 4) is 6.07 Å². The molecule has 31 heavy (non-hydrogen) atoms. The van der Waals surface area contributed by atoms with Gasteiger partial charge in [-0.3, -0.25) is 4.79 Å². The van der Waals surface area contributed by atoms with Gasteiger partial charge in [0.1, 0.15) is 0 Å². The lowest BCUT2D eigenvalue weighted by Gasteiger charge is -2.17. The first-order chi connectivity index (χ1) is 15.1. The monoisotopic (exact) mass is 414 g/mol. The van der Waals surface area contributed by atoms with Crippen LogP contribution in [0.15, 0.2) is 78.9 Å². The summed E-state index contributed by atoms with van der Waals surface area (Å²) in [6.07, 6.45) is -0.270. The maximum absolute atomic E-state index is 12.5. The molecule has 0 fully saturated rings. The highest BCUT2D eigenvalue weighted by atomic mass is 16.5. The van der Waals surface area contributed by atoms with Crippen LogP contribution in [0.3, 0.4) is 0 Å². The zero-order chi connectivity index (χ0) is 22.1. The Labute approximate surface area is 180 Å². The van der Waals surface area contributed by atoms with E-state index in [9.17, 15) is 9.59 Å². The average Bonchev–Trinajstić information content (AvgIpc) is 2.80. The van der Waals surface area contributed by atoms with Crippen LogP contribution >= 0.6 is 0 Å². The van der Waals surface area contributed by atoms with Gasteiger partial charge in [-0.1, -0.05) is 42.5 Å². The fourth-order valence-corrected chi connectivity index (χ4v) is 2.97. The summed E-state index contributed by atoms with van der Waals surface area (Å²) in [4.78, 5) is 24.8. The molecule has 0 aliphatic heterocycles. The minimum Gasteiger partial charge on any atom is -0.375 e. The molecule has 0 radical (unpaired) electrons. The van der Waals surface area contributed by atoms with Crippen molar-refractivity contribution >= 4 is 23.3 Å². The number of benzene rings is 3. The number of carbonyl (C=O) groups excluding carboxylic acids is 2. The first-order valence-electron chi connectivity index (χ1n) is 9.63. The van der Waals surface area contributed by atoms with E-state index in [1.807, 2.05) is 36.4 Å². The molecule has 7 nitrogen and oxygen atoms in total. The number of methoxy groups -OCH3 is 1. The zero-order valence-electron chi connectivity index (χ0n) is 17.0. The largest absolute Gasteiger partial charge is 0.375 e. The van der Waals surface area contributed by atoms with E-state index in [1.165, 1.54) is 0 Å². The van der Waals surface area contributed by atoms with Gasteiger partial charge in [0.05, 0.1) is 17.7 Å². The van der Waals surface area contributed by atoms with Crippen LogP contribution in [0.2, 0.25) is 0 Å². The van der Waals surface area contributed by atoms with Crippen molar-refractivity contribution in [1.29, 1.82) is 5.26 Å². The topological polar surface area (TPSA) is 103 Å². The first-order valence-corrected chi connectivity index (χ1v) is 9.63. The minimum absolute atomic E-state index is 0.270. The lowest BCUT2D eigenvalue weighted by atomic mass is 10.1. The molecule has 1 atom stereocenters. The molecule has 0 spiro atoms. The highest BCUT2D eigenvalue weighted by Gasteiger charge is 2.13. The van der Waals surface area contributed by atoms with E-state index in [0.29, 0.717) is 29.0 Å². The molecule has 3 aromatic rings. The molecule has 3 amide bonds. The summed E-state index contributed by atoms with van der Waals surface area (Å²) in [5.41, 5.74) is 2.79. The van der Waals surface area contributed by atoms with Crippen LogP contribution in [0.25, 0.3) is 0 Å². The second kappa shape index (κ2) is 10.6. The van der Waals surface area contributed by atoms with Crippen molar-refractivity contribution in [3.63, 3.8) is 0 Å². The third kappa shape index (κ3) is 6.16. The summed E-state index contributed by atoms with van der Waals surface area (Å²) in [6, 6.07) is 24.5. The summed E-state index contributed by atoms with van der Waals surface area (Å²) in [6.45, 7) is 0.293.